The number of hydrogen-bond donors (Lipinski definition) is 0. The van der Waals surface area contributed by atoms with Gasteiger partial charge in [-0.25, -0.2) is 17.5 Å². The monoisotopic (exact) mass is 303 g/mol. The highest BCUT2D eigenvalue weighted by Crippen LogP contribution is 2.24. The molecule has 0 bridgehead atoms. The Labute approximate surface area is 117 Å². The van der Waals surface area contributed by atoms with E-state index in [-0.39, 0.29) is 16.4 Å². The van der Waals surface area contributed by atoms with Crippen molar-refractivity contribution >= 4 is 27.3 Å². The van der Waals surface area contributed by atoms with Gasteiger partial charge in [-0.15, -0.1) is 11.3 Å². The predicted molar refractivity (Wildman–Crippen MR) is 74.9 cm³/mol. The summed E-state index contributed by atoms with van der Waals surface area (Å²) in [5, 5.41) is 1.56. The number of ether oxygens (including phenoxy) is 1. The SMILES string of the molecule is CC/C=C/COC(=O)c1sccc1S(=O)(=O)N(C)C. The average molecular weight is 303 g/mol. The molecule has 0 fully saturated rings. The number of thiophene rings is 1. The lowest BCUT2D eigenvalue weighted by atomic mass is 10.4. The van der Waals surface area contributed by atoms with Crippen LogP contribution in [0.1, 0.15) is 23.0 Å². The van der Waals surface area contributed by atoms with Crippen LogP contribution in [0.3, 0.4) is 0 Å². The molecule has 7 heteroatoms. The zero-order valence-corrected chi connectivity index (χ0v) is 12.8. The second-order valence-electron chi connectivity index (χ2n) is 3.88. The van der Waals surface area contributed by atoms with Crippen LogP contribution < -0.4 is 0 Å². The smallest absolute Gasteiger partial charge is 0.350 e. The first-order chi connectivity index (χ1) is 8.91. The molecule has 0 radical (unpaired) electrons. The van der Waals surface area contributed by atoms with Gasteiger partial charge in [-0.2, -0.15) is 0 Å². The number of carbonyl (C=O) groups excluding carboxylic acids is 1. The molecule has 0 spiro atoms. The molecule has 0 aliphatic carbocycles. The summed E-state index contributed by atoms with van der Waals surface area (Å²) in [6, 6.07) is 1.42. The lowest BCUT2D eigenvalue weighted by molar-refractivity contribution is 0.0551. The Morgan fingerprint density at radius 2 is 2.11 bits per heavy atom. The maximum absolute atomic E-state index is 12.0. The van der Waals surface area contributed by atoms with Crippen molar-refractivity contribution in [1.29, 1.82) is 0 Å². The molecule has 1 aromatic rings. The summed E-state index contributed by atoms with van der Waals surface area (Å²) in [6.45, 7) is 2.12. The molecule has 5 nitrogen and oxygen atoms in total. The van der Waals surface area contributed by atoms with Gasteiger partial charge in [0, 0.05) is 14.1 Å². The van der Waals surface area contributed by atoms with E-state index in [9.17, 15) is 13.2 Å². The lowest BCUT2D eigenvalue weighted by Gasteiger charge is -2.11. The van der Waals surface area contributed by atoms with Crippen LogP contribution >= 0.6 is 11.3 Å². The highest BCUT2D eigenvalue weighted by molar-refractivity contribution is 7.89. The molecule has 0 atom stereocenters. The lowest BCUT2D eigenvalue weighted by Crippen LogP contribution is -2.23. The quantitative estimate of drug-likeness (QED) is 0.596. The maximum atomic E-state index is 12.0. The fourth-order valence-electron chi connectivity index (χ4n) is 1.27. The Morgan fingerprint density at radius 1 is 1.42 bits per heavy atom. The molecule has 19 heavy (non-hydrogen) atoms. The van der Waals surface area contributed by atoms with Gasteiger partial charge in [-0.05, 0) is 17.9 Å². The van der Waals surface area contributed by atoms with Crippen LogP contribution in [0.2, 0.25) is 0 Å². The summed E-state index contributed by atoms with van der Waals surface area (Å²) in [7, 11) is -0.774. The second-order valence-corrected chi connectivity index (χ2v) is 6.92. The van der Waals surface area contributed by atoms with Crippen LogP contribution in [0.15, 0.2) is 28.5 Å². The van der Waals surface area contributed by atoms with Crippen LogP contribution in [0, 0.1) is 0 Å². The normalized spacial score (nSPS) is 12.2. The van der Waals surface area contributed by atoms with E-state index in [1.807, 2.05) is 13.0 Å². The van der Waals surface area contributed by atoms with Crippen LogP contribution in [0.25, 0.3) is 0 Å². The molecule has 0 aromatic carbocycles. The minimum absolute atomic E-state index is 0.00743. The minimum Gasteiger partial charge on any atom is -0.457 e. The van der Waals surface area contributed by atoms with Gasteiger partial charge in [-0.1, -0.05) is 19.1 Å². The summed E-state index contributed by atoms with van der Waals surface area (Å²) < 4.78 is 30.1. The molecule has 0 N–H and O–H groups in total. The van der Waals surface area contributed by atoms with Crippen molar-refractivity contribution in [2.75, 3.05) is 20.7 Å². The fraction of sp³-hybridized carbons (Fsp3) is 0.417. The molecule has 1 aromatic heterocycles. The van der Waals surface area contributed by atoms with Crippen molar-refractivity contribution in [3.05, 3.63) is 28.5 Å². The van der Waals surface area contributed by atoms with Crippen LogP contribution in [0.5, 0.6) is 0 Å². The number of allylic oxidation sites excluding steroid dienone is 1. The van der Waals surface area contributed by atoms with E-state index in [4.69, 9.17) is 4.74 Å². The molecular formula is C12H17NO4S2. The molecule has 0 saturated carbocycles. The molecular weight excluding hydrogens is 286 g/mol. The molecule has 0 aliphatic rings. The Balaban J connectivity index is 2.89. The first-order valence-corrected chi connectivity index (χ1v) is 8.05. The topological polar surface area (TPSA) is 63.7 Å². The van der Waals surface area contributed by atoms with Gasteiger partial charge >= 0.3 is 5.97 Å². The van der Waals surface area contributed by atoms with Crippen molar-refractivity contribution in [2.24, 2.45) is 0 Å². The van der Waals surface area contributed by atoms with Gasteiger partial charge in [0.15, 0.2) is 0 Å². The predicted octanol–water partition coefficient (Wildman–Crippen LogP) is 2.12. The van der Waals surface area contributed by atoms with E-state index in [1.54, 1.807) is 11.5 Å². The van der Waals surface area contributed by atoms with Crippen LogP contribution in [-0.2, 0) is 14.8 Å². The third-order valence-electron chi connectivity index (χ3n) is 2.29. The van der Waals surface area contributed by atoms with Gasteiger partial charge in [-0.3, -0.25) is 0 Å². The largest absolute Gasteiger partial charge is 0.457 e. The van der Waals surface area contributed by atoms with E-state index < -0.39 is 16.0 Å². The van der Waals surface area contributed by atoms with Gasteiger partial charge in [0.25, 0.3) is 0 Å². The third-order valence-corrected chi connectivity index (χ3v) is 5.17. The Hall–Kier alpha value is -1.18. The van der Waals surface area contributed by atoms with Crippen molar-refractivity contribution in [2.45, 2.75) is 18.2 Å². The van der Waals surface area contributed by atoms with E-state index in [1.165, 1.54) is 20.2 Å². The van der Waals surface area contributed by atoms with Crippen LogP contribution in [0.4, 0.5) is 0 Å². The summed E-state index contributed by atoms with van der Waals surface area (Å²) in [5.41, 5.74) is 0. The number of hydrogen-bond acceptors (Lipinski definition) is 5. The first-order valence-electron chi connectivity index (χ1n) is 5.73. The Kier molecular flexibility index (Phi) is 5.71. The van der Waals surface area contributed by atoms with Crippen molar-refractivity contribution in [1.82, 2.24) is 4.31 Å². The summed E-state index contributed by atoms with van der Waals surface area (Å²) >= 11 is 1.06. The third kappa shape index (κ3) is 3.89. The molecule has 0 amide bonds. The molecule has 0 saturated heterocycles. The van der Waals surface area contributed by atoms with Crippen molar-refractivity contribution in [3.8, 4) is 0 Å². The maximum Gasteiger partial charge on any atom is 0.350 e. The van der Waals surface area contributed by atoms with Gasteiger partial charge in [0.2, 0.25) is 10.0 Å². The van der Waals surface area contributed by atoms with Crippen LogP contribution in [-0.4, -0.2) is 39.4 Å². The zero-order valence-electron chi connectivity index (χ0n) is 11.1. The number of carbonyl (C=O) groups is 1. The minimum atomic E-state index is -3.62. The van der Waals surface area contributed by atoms with E-state index in [2.05, 4.69) is 0 Å². The molecule has 0 aliphatic heterocycles. The summed E-state index contributed by atoms with van der Waals surface area (Å²) in [4.78, 5) is 11.9. The Morgan fingerprint density at radius 3 is 2.68 bits per heavy atom. The van der Waals surface area contributed by atoms with E-state index >= 15 is 0 Å². The number of nitrogens with zero attached hydrogens (tertiary/aromatic N) is 1. The summed E-state index contributed by atoms with van der Waals surface area (Å²) in [5.74, 6) is -0.615. The number of sulfonamides is 1. The zero-order chi connectivity index (χ0) is 14.5. The van der Waals surface area contributed by atoms with E-state index in [0.29, 0.717) is 0 Å². The second kappa shape index (κ2) is 6.83. The standard InChI is InChI=1S/C12H17NO4S2/c1-4-5-6-8-17-12(14)11-10(7-9-18-11)19(15,16)13(2)3/h5-7,9H,4,8H2,1-3H3/b6-5+. The fourth-order valence-corrected chi connectivity index (χ4v) is 3.45. The van der Waals surface area contributed by atoms with Crippen molar-refractivity contribution in [3.63, 3.8) is 0 Å². The Bertz CT molecular complexity index is 558. The summed E-state index contributed by atoms with van der Waals surface area (Å²) in [6.07, 6.45) is 4.46. The van der Waals surface area contributed by atoms with Gasteiger partial charge in [0.05, 0.1) is 0 Å². The molecule has 0 unspecified atom stereocenters. The highest BCUT2D eigenvalue weighted by Gasteiger charge is 2.26. The molecule has 1 rings (SSSR count). The highest BCUT2D eigenvalue weighted by atomic mass is 32.2. The van der Waals surface area contributed by atoms with Crippen molar-refractivity contribution < 1.29 is 17.9 Å². The molecule has 1 heterocycles. The molecule has 106 valence electrons. The number of rotatable bonds is 6. The first kappa shape index (κ1) is 15.9. The van der Waals surface area contributed by atoms with Gasteiger partial charge < -0.3 is 4.74 Å². The van der Waals surface area contributed by atoms with Gasteiger partial charge in [0.1, 0.15) is 16.4 Å². The average Bonchev–Trinajstić information content (AvgIpc) is 2.84. The number of esters is 1. The van der Waals surface area contributed by atoms with E-state index in [0.717, 1.165) is 22.1 Å².